The Balaban J connectivity index is 2.97. The molecule has 0 spiro atoms. The predicted octanol–water partition coefficient (Wildman–Crippen LogP) is 2.16. The summed E-state index contributed by atoms with van der Waals surface area (Å²) < 4.78 is 6.02. The normalized spacial score (nSPS) is 10.6. The topological polar surface area (TPSA) is 30.2 Å². The Bertz CT molecular complexity index is 439. The van der Waals surface area contributed by atoms with Gasteiger partial charge in [0.05, 0.1) is 4.70 Å². The molecule has 3 heteroatoms. The Kier molecular flexibility index (Phi) is 1.32. The molecule has 2 aromatic rings. The van der Waals surface area contributed by atoms with Crippen LogP contribution in [0.15, 0.2) is 26.7 Å². The number of rotatable bonds is 0. The fourth-order valence-corrected chi connectivity index (χ4v) is 1.74. The van der Waals surface area contributed by atoms with Crippen molar-refractivity contribution in [1.29, 1.82) is 0 Å². The maximum absolute atomic E-state index is 11.0. The lowest BCUT2D eigenvalue weighted by molar-refractivity contribution is 0.556. The van der Waals surface area contributed by atoms with Crippen molar-refractivity contribution < 1.29 is 4.42 Å². The molecule has 0 atom stereocenters. The molecule has 0 N–H and O–H groups in total. The van der Waals surface area contributed by atoms with E-state index in [0.717, 1.165) is 4.70 Å². The molecule has 0 saturated carbocycles. The molecule has 0 aliphatic carbocycles. The van der Waals surface area contributed by atoms with E-state index in [2.05, 4.69) is 0 Å². The molecule has 0 bridgehead atoms. The quantitative estimate of drug-likeness (QED) is 0.600. The Hall–Kier alpha value is -1.09. The van der Waals surface area contributed by atoms with Gasteiger partial charge in [0.15, 0.2) is 0 Å². The van der Waals surface area contributed by atoms with Crippen LogP contribution < -0.4 is 5.63 Å². The zero-order valence-electron chi connectivity index (χ0n) is 5.96. The predicted molar refractivity (Wildman–Crippen MR) is 45.1 cm³/mol. The highest BCUT2D eigenvalue weighted by Crippen LogP contribution is 2.18. The van der Waals surface area contributed by atoms with E-state index >= 15 is 0 Å². The summed E-state index contributed by atoms with van der Waals surface area (Å²) >= 11 is 1.58. The van der Waals surface area contributed by atoms with E-state index in [1.165, 1.54) is 0 Å². The van der Waals surface area contributed by atoms with Crippen LogP contribution in [0.4, 0.5) is 0 Å². The molecule has 2 rings (SSSR count). The van der Waals surface area contributed by atoms with Crippen LogP contribution >= 0.6 is 11.3 Å². The molecule has 0 unspecified atom stereocenters. The van der Waals surface area contributed by atoms with Gasteiger partial charge in [-0.25, -0.2) is 4.79 Å². The summed E-state index contributed by atoms with van der Waals surface area (Å²) in [4.78, 5) is 11.0. The van der Waals surface area contributed by atoms with Crippen LogP contribution in [0.25, 0.3) is 10.3 Å². The average Bonchev–Trinajstić information content (AvgIpc) is 2.36. The Morgan fingerprint density at radius 1 is 1.55 bits per heavy atom. The Morgan fingerprint density at radius 3 is 3.18 bits per heavy atom. The van der Waals surface area contributed by atoms with Crippen molar-refractivity contribution in [2.24, 2.45) is 0 Å². The molecular weight excluding hydrogens is 160 g/mol. The molecule has 0 aliphatic heterocycles. The SMILES string of the molecule is Cc1cc2sccc2oc1=O. The van der Waals surface area contributed by atoms with Crippen LogP contribution in [0.5, 0.6) is 0 Å². The van der Waals surface area contributed by atoms with Crippen molar-refractivity contribution in [3.8, 4) is 0 Å². The second-order valence-electron chi connectivity index (χ2n) is 2.37. The lowest BCUT2D eigenvalue weighted by Gasteiger charge is -1.88. The van der Waals surface area contributed by atoms with E-state index in [9.17, 15) is 4.79 Å². The molecular formula is C8H6O2S. The molecule has 0 saturated heterocycles. The third kappa shape index (κ3) is 0.973. The first-order valence-electron chi connectivity index (χ1n) is 3.25. The minimum atomic E-state index is -0.240. The van der Waals surface area contributed by atoms with Crippen LogP contribution in [0.1, 0.15) is 5.56 Å². The van der Waals surface area contributed by atoms with Crippen molar-refractivity contribution in [1.82, 2.24) is 0 Å². The van der Waals surface area contributed by atoms with Crippen LogP contribution in [0, 0.1) is 6.92 Å². The first kappa shape index (κ1) is 6.61. The van der Waals surface area contributed by atoms with Crippen molar-refractivity contribution in [3.63, 3.8) is 0 Å². The molecule has 2 aromatic heterocycles. The fraction of sp³-hybridized carbons (Fsp3) is 0.125. The van der Waals surface area contributed by atoms with Gasteiger partial charge in [-0.15, -0.1) is 11.3 Å². The summed E-state index contributed by atoms with van der Waals surface area (Å²) in [5.74, 6) is 0. The van der Waals surface area contributed by atoms with Gasteiger partial charge in [-0.2, -0.15) is 0 Å². The van der Waals surface area contributed by atoms with Gasteiger partial charge in [-0.1, -0.05) is 0 Å². The minimum Gasteiger partial charge on any atom is -0.422 e. The minimum absolute atomic E-state index is 0.240. The summed E-state index contributed by atoms with van der Waals surface area (Å²) in [6.45, 7) is 1.75. The molecule has 11 heavy (non-hydrogen) atoms. The van der Waals surface area contributed by atoms with E-state index in [4.69, 9.17) is 4.42 Å². The average molecular weight is 166 g/mol. The van der Waals surface area contributed by atoms with E-state index in [-0.39, 0.29) is 5.63 Å². The monoisotopic (exact) mass is 166 g/mol. The molecule has 2 nitrogen and oxygen atoms in total. The standard InChI is InChI=1S/C8H6O2S/c1-5-4-7-6(2-3-11-7)10-8(5)9/h2-4H,1H3. The Labute approximate surface area is 67.1 Å². The second-order valence-corrected chi connectivity index (χ2v) is 3.31. The number of hydrogen-bond acceptors (Lipinski definition) is 3. The van der Waals surface area contributed by atoms with Crippen molar-refractivity contribution in [3.05, 3.63) is 33.5 Å². The van der Waals surface area contributed by atoms with Gasteiger partial charge in [0.1, 0.15) is 5.58 Å². The van der Waals surface area contributed by atoms with Crippen molar-refractivity contribution in [2.45, 2.75) is 6.92 Å². The molecule has 0 amide bonds. The summed E-state index contributed by atoms with van der Waals surface area (Å²) in [6.07, 6.45) is 0. The summed E-state index contributed by atoms with van der Waals surface area (Å²) in [6, 6.07) is 3.66. The van der Waals surface area contributed by atoms with Crippen LogP contribution in [-0.4, -0.2) is 0 Å². The first-order valence-corrected chi connectivity index (χ1v) is 4.13. The molecule has 0 aromatic carbocycles. The van der Waals surface area contributed by atoms with Gasteiger partial charge < -0.3 is 4.42 Å². The lowest BCUT2D eigenvalue weighted by Crippen LogP contribution is -2.00. The second kappa shape index (κ2) is 2.20. The highest BCUT2D eigenvalue weighted by Gasteiger charge is 2.00. The summed E-state index contributed by atoms with van der Waals surface area (Å²) in [5, 5.41) is 1.91. The largest absolute Gasteiger partial charge is 0.422 e. The maximum atomic E-state index is 11.0. The van der Waals surface area contributed by atoms with Crippen LogP contribution in [0.3, 0.4) is 0 Å². The number of hydrogen-bond donors (Lipinski definition) is 0. The lowest BCUT2D eigenvalue weighted by atomic mass is 10.3. The zero-order valence-corrected chi connectivity index (χ0v) is 6.77. The van der Waals surface area contributed by atoms with Crippen molar-refractivity contribution in [2.75, 3.05) is 0 Å². The van der Waals surface area contributed by atoms with E-state index < -0.39 is 0 Å². The van der Waals surface area contributed by atoms with E-state index in [1.807, 2.05) is 11.4 Å². The van der Waals surface area contributed by atoms with Gasteiger partial charge in [-0.3, -0.25) is 0 Å². The van der Waals surface area contributed by atoms with Gasteiger partial charge in [0.2, 0.25) is 0 Å². The fourth-order valence-electron chi connectivity index (χ4n) is 0.935. The molecule has 56 valence electrons. The molecule has 0 radical (unpaired) electrons. The summed E-state index contributed by atoms with van der Waals surface area (Å²) in [7, 11) is 0. The van der Waals surface area contributed by atoms with E-state index in [0.29, 0.717) is 11.1 Å². The van der Waals surface area contributed by atoms with Gasteiger partial charge in [0, 0.05) is 5.56 Å². The molecule has 0 fully saturated rings. The molecule has 0 aliphatic rings. The number of thiophene rings is 1. The zero-order chi connectivity index (χ0) is 7.84. The van der Waals surface area contributed by atoms with Crippen molar-refractivity contribution >= 4 is 21.6 Å². The maximum Gasteiger partial charge on any atom is 0.339 e. The molecule has 2 heterocycles. The first-order chi connectivity index (χ1) is 5.27. The van der Waals surface area contributed by atoms with E-state index in [1.54, 1.807) is 24.3 Å². The number of aryl methyl sites for hydroxylation is 1. The highest BCUT2D eigenvalue weighted by molar-refractivity contribution is 7.17. The van der Waals surface area contributed by atoms with Crippen LogP contribution in [-0.2, 0) is 0 Å². The summed E-state index contributed by atoms with van der Waals surface area (Å²) in [5.41, 5.74) is 1.11. The van der Waals surface area contributed by atoms with Gasteiger partial charge in [0.25, 0.3) is 0 Å². The Morgan fingerprint density at radius 2 is 2.36 bits per heavy atom. The number of fused-ring (bicyclic) bond motifs is 1. The van der Waals surface area contributed by atoms with Crippen LogP contribution in [0.2, 0.25) is 0 Å². The van der Waals surface area contributed by atoms with Gasteiger partial charge >= 0.3 is 5.63 Å². The third-order valence-electron chi connectivity index (χ3n) is 1.53. The highest BCUT2D eigenvalue weighted by atomic mass is 32.1. The third-order valence-corrected chi connectivity index (χ3v) is 2.37. The van der Waals surface area contributed by atoms with Gasteiger partial charge in [-0.05, 0) is 24.4 Å². The smallest absolute Gasteiger partial charge is 0.339 e.